The molecule has 0 unspecified atom stereocenters. The Kier molecular flexibility index (Phi) is 3.82. The fourth-order valence-corrected chi connectivity index (χ4v) is 2.27. The minimum atomic E-state index is 0.128. The predicted molar refractivity (Wildman–Crippen MR) is 67.2 cm³/mol. The third kappa shape index (κ3) is 3.28. The largest absolute Gasteiger partial charge is 0.481 e. The standard InChI is InChI=1S/C13H15BrO/c1-5-8-15-10-6-7-11(12(14)9-10)13(2,3)4/h1,6-7,9H,8H2,2-4H3. The van der Waals surface area contributed by atoms with Crippen molar-refractivity contribution in [1.29, 1.82) is 0 Å². The van der Waals surface area contributed by atoms with Crippen LogP contribution in [0, 0.1) is 12.3 Å². The molecule has 0 aliphatic carbocycles. The Morgan fingerprint density at radius 1 is 1.40 bits per heavy atom. The molecule has 1 aromatic rings. The summed E-state index contributed by atoms with van der Waals surface area (Å²) < 4.78 is 6.40. The highest BCUT2D eigenvalue weighted by Gasteiger charge is 2.16. The lowest BCUT2D eigenvalue weighted by atomic mass is 9.87. The van der Waals surface area contributed by atoms with Gasteiger partial charge >= 0.3 is 0 Å². The van der Waals surface area contributed by atoms with Gasteiger partial charge < -0.3 is 4.74 Å². The fraction of sp³-hybridized carbons (Fsp3) is 0.385. The molecule has 80 valence electrons. The van der Waals surface area contributed by atoms with E-state index in [4.69, 9.17) is 11.2 Å². The molecule has 1 aromatic carbocycles. The van der Waals surface area contributed by atoms with E-state index in [0.717, 1.165) is 10.2 Å². The van der Waals surface area contributed by atoms with E-state index >= 15 is 0 Å². The van der Waals surface area contributed by atoms with Crippen LogP contribution in [0.1, 0.15) is 26.3 Å². The lowest BCUT2D eigenvalue weighted by Gasteiger charge is -2.21. The van der Waals surface area contributed by atoms with E-state index in [2.05, 4.69) is 48.7 Å². The number of halogens is 1. The Balaban J connectivity index is 2.94. The maximum Gasteiger partial charge on any atom is 0.148 e. The van der Waals surface area contributed by atoms with Crippen molar-refractivity contribution in [2.75, 3.05) is 6.61 Å². The van der Waals surface area contributed by atoms with E-state index in [-0.39, 0.29) is 5.41 Å². The van der Waals surface area contributed by atoms with Gasteiger partial charge in [0.2, 0.25) is 0 Å². The summed E-state index contributed by atoms with van der Waals surface area (Å²) in [7, 11) is 0. The average molecular weight is 267 g/mol. The molecule has 0 saturated heterocycles. The molecule has 0 atom stereocenters. The maximum absolute atomic E-state index is 5.34. The second kappa shape index (κ2) is 4.72. The molecule has 15 heavy (non-hydrogen) atoms. The normalized spacial score (nSPS) is 10.9. The molecule has 0 aliphatic heterocycles. The van der Waals surface area contributed by atoms with E-state index in [1.165, 1.54) is 5.56 Å². The first kappa shape index (κ1) is 12.1. The highest BCUT2D eigenvalue weighted by atomic mass is 79.9. The van der Waals surface area contributed by atoms with Crippen LogP contribution in [0.3, 0.4) is 0 Å². The number of benzene rings is 1. The molecule has 0 spiro atoms. The molecular weight excluding hydrogens is 252 g/mol. The first-order valence-corrected chi connectivity index (χ1v) is 5.61. The van der Waals surface area contributed by atoms with Crippen molar-refractivity contribution in [3.8, 4) is 18.1 Å². The number of terminal acetylenes is 1. The van der Waals surface area contributed by atoms with Gasteiger partial charge in [0, 0.05) is 4.47 Å². The van der Waals surface area contributed by atoms with E-state index in [9.17, 15) is 0 Å². The minimum absolute atomic E-state index is 0.128. The number of hydrogen-bond donors (Lipinski definition) is 0. The van der Waals surface area contributed by atoms with Crippen LogP contribution < -0.4 is 4.74 Å². The molecule has 0 radical (unpaired) electrons. The summed E-state index contributed by atoms with van der Waals surface area (Å²) in [5.74, 6) is 3.24. The molecule has 0 aliphatic rings. The molecule has 0 heterocycles. The van der Waals surface area contributed by atoms with E-state index in [0.29, 0.717) is 6.61 Å². The van der Waals surface area contributed by atoms with Gasteiger partial charge in [-0.3, -0.25) is 0 Å². The quantitative estimate of drug-likeness (QED) is 0.741. The Bertz CT molecular complexity index is 383. The summed E-state index contributed by atoms with van der Waals surface area (Å²) in [4.78, 5) is 0. The third-order valence-corrected chi connectivity index (χ3v) is 2.73. The van der Waals surface area contributed by atoms with Crippen LogP contribution in [-0.4, -0.2) is 6.61 Å². The fourth-order valence-electron chi connectivity index (χ4n) is 1.32. The van der Waals surface area contributed by atoms with Crippen LogP contribution in [-0.2, 0) is 5.41 Å². The Labute approximate surface area is 100.0 Å². The SMILES string of the molecule is C#CCOc1ccc(C(C)(C)C)c(Br)c1. The summed E-state index contributed by atoms with van der Waals surface area (Å²) in [6.07, 6.45) is 5.13. The predicted octanol–water partition coefficient (Wildman–Crippen LogP) is 3.76. The van der Waals surface area contributed by atoms with Gasteiger partial charge in [0.25, 0.3) is 0 Å². The Hall–Kier alpha value is -0.940. The second-order valence-corrected chi connectivity index (χ2v) is 5.24. The monoisotopic (exact) mass is 266 g/mol. The molecule has 0 saturated carbocycles. The molecule has 0 amide bonds. The van der Waals surface area contributed by atoms with Gasteiger partial charge in [-0.05, 0) is 23.1 Å². The third-order valence-electron chi connectivity index (χ3n) is 2.07. The highest BCUT2D eigenvalue weighted by molar-refractivity contribution is 9.10. The zero-order chi connectivity index (χ0) is 11.5. The number of hydrogen-bond acceptors (Lipinski definition) is 1. The highest BCUT2D eigenvalue weighted by Crippen LogP contribution is 2.32. The van der Waals surface area contributed by atoms with E-state index in [1.54, 1.807) is 0 Å². The lowest BCUT2D eigenvalue weighted by molar-refractivity contribution is 0.369. The molecule has 0 fully saturated rings. The topological polar surface area (TPSA) is 9.23 Å². The number of ether oxygens (including phenoxy) is 1. The van der Waals surface area contributed by atoms with Crippen molar-refractivity contribution in [2.45, 2.75) is 26.2 Å². The van der Waals surface area contributed by atoms with Gasteiger partial charge in [-0.1, -0.05) is 48.7 Å². The summed E-state index contributed by atoms with van der Waals surface area (Å²) >= 11 is 3.54. The van der Waals surface area contributed by atoms with Crippen molar-refractivity contribution in [3.05, 3.63) is 28.2 Å². The molecule has 0 bridgehead atoms. The molecule has 1 nitrogen and oxygen atoms in total. The lowest BCUT2D eigenvalue weighted by Crippen LogP contribution is -2.11. The van der Waals surface area contributed by atoms with Crippen LogP contribution in [0.5, 0.6) is 5.75 Å². The van der Waals surface area contributed by atoms with Crippen molar-refractivity contribution < 1.29 is 4.74 Å². The van der Waals surface area contributed by atoms with Crippen molar-refractivity contribution in [1.82, 2.24) is 0 Å². The Morgan fingerprint density at radius 3 is 2.53 bits per heavy atom. The summed E-state index contributed by atoms with van der Waals surface area (Å²) in [6.45, 7) is 6.83. The zero-order valence-corrected chi connectivity index (χ0v) is 10.9. The molecule has 1 rings (SSSR count). The molecule has 0 N–H and O–H groups in total. The first-order valence-electron chi connectivity index (χ1n) is 4.81. The first-order chi connectivity index (χ1) is 6.95. The summed E-state index contributed by atoms with van der Waals surface area (Å²) in [5, 5.41) is 0. The molecular formula is C13H15BrO. The van der Waals surface area contributed by atoms with Gasteiger partial charge in [0.05, 0.1) is 0 Å². The summed E-state index contributed by atoms with van der Waals surface area (Å²) in [6, 6.07) is 5.97. The van der Waals surface area contributed by atoms with Gasteiger partial charge in [0.1, 0.15) is 12.4 Å². The smallest absolute Gasteiger partial charge is 0.148 e. The minimum Gasteiger partial charge on any atom is -0.481 e. The van der Waals surface area contributed by atoms with Crippen LogP contribution in [0.4, 0.5) is 0 Å². The second-order valence-electron chi connectivity index (χ2n) is 4.38. The van der Waals surface area contributed by atoms with Gasteiger partial charge in [-0.15, -0.1) is 6.42 Å². The van der Waals surface area contributed by atoms with Gasteiger partial charge in [-0.25, -0.2) is 0 Å². The van der Waals surface area contributed by atoms with Crippen LogP contribution in [0.15, 0.2) is 22.7 Å². The van der Waals surface area contributed by atoms with Crippen LogP contribution in [0.25, 0.3) is 0 Å². The zero-order valence-electron chi connectivity index (χ0n) is 9.30. The van der Waals surface area contributed by atoms with E-state index < -0.39 is 0 Å². The van der Waals surface area contributed by atoms with Crippen molar-refractivity contribution >= 4 is 15.9 Å². The van der Waals surface area contributed by atoms with Crippen LogP contribution in [0.2, 0.25) is 0 Å². The van der Waals surface area contributed by atoms with Crippen molar-refractivity contribution in [3.63, 3.8) is 0 Å². The Morgan fingerprint density at radius 2 is 2.07 bits per heavy atom. The maximum atomic E-state index is 5.34. The molecule has 0 aromatic heterocycles. The van der Waals surface area contributed by atoms with Crippen molar-refractivity contribution in [2.24, 2.45) is 0 Å². The summed E-state index contributed by atoms with van der Waals surface area (Å²) in [5.41, 5.74) is 1.39. The molecule has 2 heteroatoms. The van der Waals surface area contributed by atoms with Gasteiger partial charge in [-0.2, -0.15) is 0 Å². The number of rotatable bonds is 2. The van der Waals surface area contributed by atoms with E-state index in [1.807, 2.05) is 12.1 Å². The average Bonchev–Trinajstić information content (AvgIpc) is 2.12. The van der Waals surface area contributed by atoms with Crippen LogP contribution >= 0.6 is 15.9 Å². The van der Waals surface area contributed by atoms with Gasteiger partial charge in [0.15, 0.2) is 0 Å².